The Morgan fingerprint density at radius 2 is 2.11 bits per heavy atom. The highest BCUT2D eigenvalue weighted by Crippen LogP contribution is 2.13. The number of hydrogen-bond acceptors (Lipinski definition) is 3. The number of ketones is 1. The van der Waals surface area contributed by atoms with Crippen molar-refractivity contribution in [3.63, 3.8) is 0 Å². The molecule has 0 fully saturated rings. The molecule has 0 bridgehead atoms. The summed E-state index contributed by atoms with van der Waals surface area (Å²) >= 11 is 5.88. The van der Waals surface area contributed by atoms with E-state index in [9.17, 15) is 4.79 Å². The summed E-state index contributed by atoms with van der Waals surface area (Å²) in [7, 11) is 0. The molecule has 0 saturated carbocycles. The molecule has 92 valence electrons. The first kappa shape index (κ1) is 12.7. The molecule has 2 aromatic rings. The number of rotatable bonds is 4. The van der Waals surface area contributed by atoms with Crippen molar-refractivity contribution in [1.82, 2.24) is 4.98 Å². The van der Waals surface area contributed by atoms with Gasteiger partial charge in [-0.05, 0) is 29.8 Å². The molecule has 1 aromatic heterocycles. The van der Waals surface area contributed by atoms with Crippen LogP contribution in [0.15, 0.2) is 42.6 Å². The molecule has 4 heteroatoms. The first-order valence-corrected chi connectivity index (χ1v) is 5.99. The third-order valence-corrected chi connectivity index (χ3v) is 2.84. The normalized spacial score (nSPS) is 10.3. The molecule has 2 N–H and O–H groups in total. The maximum Gasteiger partial charge on any atom is 0.167 e. The number of aromatic nitrogens is 1. The van der Waals surface area contributed by atoms with Gasteiger partial charge in [0.25, 0.3) is 0 Å². The lowest BCUT2D eigenvalue weighted by Gasteiger charge is -2.03. The van der Waals surface area contributed by atoms with E-state index in [1.807, 2.05) is 12.1 Å². The molecule has 2 rings (SSSR count). The standard InChI is InChI=1S/C14H13ClN2O/c15-12-3-1-2-10(6-12)7-14(18)11-4-5-17-13(8-11)9-16/h1-6,8H,7,9,16H2. The Bertz CT molecular complexity index is 569. The molecular weight excluding hydrogens is 248 g/mol. The van der Waals surface area contributed by atoms with Crippen molar-refractivity contribution < 1.29 is 4.79 Å². The fourth-order valence-corrected chi connectivity index (χ4v) is 1.91. The first-order valence-electron chi connectivity index (χ1n) is 5.61. The van der Waals surface area contributed by atoms with Gasteiger partial charge in [-0.15, -0.1) is 0 Å². The van der Waals surface area contributed by atoms with Crippen molar-refractivity contribution in [2.75, 3.05) is 0 Å². The van der Waals surface area contributed by atoms with Gasteiger partial charge in [-0.25, -0.2) is 0 Å². The van der Waals surface area contributed by atoms with Gasteiger partial charge in [0.2, 0.25) is 0 Å². The van der Waals surface area contributed by atoms with Crippen molar-refractivity contribution in [2.24, 2.45) is 5.73 Å². The predicted molar refractivity (Wildman–Crippen MR) is 71.6 cm³/mol. The van der Waals surface area contributed by atoms with Crippen LogP contribution in [0.3, 0.4) is 0 Å². The summed E-state index contributed by atoms with van der Waals surface area (Å²) in [5, 5.41) is 0.637. The van der Waals surface area contributed by atoms with Crippen LogP contribution in [-0.2, 0) is 13.0 Å². The van der Waals surface area contributed by atoms with E-state index in [0.717, 1.165) is 5.56 Å². The zero-order valence-corrected chi connectivity index (χ0v) is 10.5. The van der Waals surface area contributed by atoms with Crippen LogP contribution in [0.1, 0.15) is 21.6 Å². The zero-order chi connectivity index (χ0) is 13.0. The highest BCUT2D eigenvalue weighted by atomic mass is 35.5. The summed E-state index contributed by atoms with van der Waals surface area (Å²) in [5.74, 6) is 0.0365. The zero-order valence-electron chi connectivity index (χ0n) is 9.77. The lowest BCUT2D eigenvalue weighted by molar-refractivity contribution is 0.0993. The van der Waals surface area contributed by atoms with Gasteiger partial charge in [-0.3, -0.25) is 9.78 Å². The molecular formula is C14H13ClN2O. The topological polar surface area (TPSA) is 56.0 Å². The molecule has 0 radical (unpaired) electrons. The Morgan fingerprint density at radius 1 is 1.28 bits per heavy atom. The number of hydrogen-bond donors (Lipinski definition) is 1. The van der Waals surface area contributed by atoms with Gasteiger partial charge in [-0.1, -0.05) is 23.7 Å². The SMILES string of the molecule is NCc1cc(C(=O)Cc2cccc(Cl)c2)ccn1. The lowest BCUT2D eigenvalue weighted by Crippen LogP contribution is -2.06. The van der Waals surface area contributed by atoms with Crippen LogP contribution >= 0.6 is 11.6 Å². The van der Waals surface area contributed by atoms with Crippen LogP contribution in [0, 0.1) is 0 Å². The van der Waals surface area contributed by atoms with Gasteiger partial charge < -0.3 is 5.73 Å². The van der Waals surface area contributed by atoms with Crippen molar-refractivity contribution >= 4 is 17.4 Å². The Labute approximate surface area is 111 Å². The van der Waals surface area contributed by atoms with E-state index in [4.69, 9.17) is 17.3 Å². The number of carbonyl (C=O) groups excluding carboxylic acids is 1. The van der Waals surface area contributed by atoms with Crippen LogP contribution < -0.4 is 5.73 Å². The summed E-state index contributed by atoms with van der Waals surface area (Å²) < 4.78 is 0. The van der Waals surface area contributed by atoms with E-state index in [-0.39, 0.29) is 5.78 Å². The van der Waals surface area contributed by atoms with E-state index >= 15 is 0 Å². The second-order valence-corrected chi connectivity index (χ2v) is 4.41. The number of benzene rings is 1. The minimum Gasteiger partial charge on any atom is -0.325 e. The number of nitrogens with zero attached hydrogens (tertiary/aromatic N) is 1. The predicted octanol–water partition coefficient (Wildman–Crippen LogP) is 2.62. The molecule has 1 heterocycles. The summed E-state index contributed by atoms with van der Waals surface area (Å²) in [6, 6.07) is 10.7. The Balaban J connectivity index is 2.16. The fraction of sp³-hybridized carbons (Fsp3) is 0.143. The van der Waals surface area contributed by atoms with Gasteiger partial charge in [0.1, 0.15) is 0 Å². The molecule has 0 saturated heterocycles. The van der Waals surface area contributed by atoms with Gasteiger partial charge in [0.15, 0.2) is 5.78 Å². The van der Waals surface area contributed by atoms with Crippen LogP contribution in [-0.4, -0.2) is 10.8 Å². The van der Waals surface area contributed by atoms with Gasteiger partial charge in [0, 0.05) is 29.7 Å². The van der Waals surface area contributed by atoms with Crippen LogP contribution in [0.2, 0.25) is 5.02 Å². The average molecular weight is 261 g/mol. The number of nitrogens with two attached hydrogens (primary N) is 1. The molecule has 0 atom stereocenters. The van der Waals surface area contributed by atoms with Gasteiger partial charge in [0.05, 0.1) is 5.69 Å². The second kappa shape index (κ2) is 5.76. The van der Waals surface area contributed by atoms with Crippen LogP contribution in [0.5, 0.6) is 0 Å². The number of halogens is 1. The summed E-state index contributed by atoms with van der Waals surface area (Å²) in [6.45, 7) is 0.332. The van der Waals surface area contributed by atoms with E-state index in [0.29, 0.717) is 29.2 Å². The fourth-order valence-electron chi connectivity index (χ4n) is 1.70. The third-order valence-electron chi connectivity index (χ3n) is 2.60. The molecule has 0 aliphatic heterocycles. The van der Waals surface area contributed by atoms with Crippen LogP contribution in [0.25, 0.3) is 0 Å². The second-order valence-electron chi connectivity index (χ2n) is 3.97. The third kappa shape index (κ3) is 3.15. The average Bonchev–Trinajstić information content (AvgIpc) is 2.39. The molecule has 1 aromatic carbocycles. The highest BCUT2D eigenvalue weighted by molar-refractivity contribution is 6.30. The quantitative estimate of drug-likeness (QED) is 0.860. The van der Waals surface area contributed by atoms with Crippen molar-refractivity contribution in [3.8, 4) is 0 Å². The molecule has 0 aliphatic rings. The van der Waals surface area contributed by atoms with Crippen molar-refractivity contribution in [3.05, 3.63) is 64.4 Å². The molecule has 0 unspecified atom stereocenters. The first-order chi connectivity index (χ1) is 8.69. The number of carbonyl (C=O) groups is 1. The van der Waals surface area contributed by atoms with Gasteiger partial charge >= 0.3 is 0 Å². The molecule has 0 amide bonds. The minimum absolute atomic E-state index is 0.0365. The molecule has 18 heavy (non-hydrogen) atoms. The van der Waals surface area contributed by atoms with Crippen molar-refractivity contribution in [1.29, 1.82) is 0 Å². The monoisotopic (exact) mass is 260 g/mol. The van der Waals surface area contributed by atoms with Crippen LogP contribution in [0.4, 0.5) is 0 Å². The summed E-state index contributed by atoms with van der Waals surface area (Å²) in [5.41, 5.74) is 7.75. The van der Waals surface area contributed by atoms with E-state index in [1.165, 1.54) is 0 Å². The number of pyridine rings is 1. The molecule has 0 aliphatic carbocycles. The van der Waals surface area contributed by atoms with E-state index in [1.54, 1.807) is 30.5 Å². The van der Waals surface area contributed by atoms with E-state index < -0.39 is 0 Å². The highest BCUT2D eigenvalue weighted by Gasteiger charge is 2.08. The smallest absolute Gasteiger partial charge is 0.167 e. The van der Waals surface area contributed by atoms with Crippen molar-refractivity contribution in [2.45, 2.75) is 13.0 Å². The maximum atomic E-state index is 12.1. The number of Topliss-reactive ketones (excluding diaryl/α,β-unsaturated/α-hetero) is 1. The Morgan fingerprint density at radius 3 is 2.83 bits per heavy atom. The Hall–Kier alpha value is -1.71. The largest absolute Gasteiger partial charge is 0.325 e. The Kier molecular flexibility index (Phi) is 4.07. The molecule has 0 spiro atoms. The maximum absolute atomic E-state index is 12.1. The minimum atomic E-state index is 0.0365. The summed E-state index contributed by atoms with van der Waals surface area (Å²) in [6.07, 6.45) is 1.93. The molecule has 3 nitrogen and oxygen atoms in total. The van der Waals surface area contributed by atoms with Gasteiger partial charge in [-0.2, -0.15) is 0 Å². The van der Waals surface area contributed by atoms with E-state index in [2.05, 4.69) is 4.98 Å². The lowest BCUT2D eigenvalue weighted by atomic mass is 10.0. The summed E-state index contributed by atoms with van der Waals surface area (Å²) in [4.78, 5) is 16.1.